The van der Waals surface area contributed by atoms with Crippen molar-refractivity contribution in [3.05, 3.63) is 29.8 Å². The van der Waals surface area contributed by atoms with E-state index in [1.165, 1.54) is 28.6 Å². The number of hydrogen-bond donors (Lipinski definition) is 0. The van der Waals surface area contributed by atoms with Crippen molar-refractivity contribution in [2.24, 2.45) is 0 Å². The number of hydrogen-bond acceptors (Lipinski definition) is 6. The Hall–Kier alpha value is -1.97. The fraction of sp³-hybridized carbons (Fsp3) is 0.600. The van der Waals surface area contributed by atoms with Crippen LogP contribution in [0.4, 0.5) is 0 Å². The summed E-state index contributed by atoms with van der Waals surface area (Å²) in [5.41, 5.74) is 0.104. The fourth-order valence-corrected chi connectivity index (χ4v) is 5.34. The molecular weight excluding hydrogens is 396 g/mol. The van der Waals surface area contributed by atoms with Gasteiger partial charge in [0.25, 0.3) is 5.91 Å². The van der Waals surface area contributed by atoms with E-state index in [4.69, 9.17) is 9.47 Å². The number of likely N-dealkylation sites (tertiary alicyclic amines) is 1. The minimum absolute atomic E-state index is 0.0237. The first-order valence-corrected chi connectivity index (χ1v) is 11.4. The molecule has 8 nitrogen and oxygen atoms in total. The maximum atomic E-state index is 13.0. The molecule has 2 heterocycles. The average Bonchev–Trinajstić information content (AvgIpc) is 2.71. The zero-order valence-electron chi connectivity index (χ0n) is 16.9. The second kappa shape index (κ2) is 9.23. The Morgan fingerprint density at radius 1 is 1.10 bits per heavy atom. The lowest BCUT2D eigenvalue weighted by atomic mass is 10.1. The molecule has 1 amide bonds. The van der Waals surface area contributed by atoms with Crippen LogP contribution in [-0.4, -0.2) is 74.5 Å². The summed E-state index contributed by atoms with van der Waals surface area (Å²) in [5, 5.41) is 0. The predicted octanol–water partition coefficient (Wildman–Crippen LogP) is 1.65. The number of esters is 1. The SMILES string of the molecule is CC1CN(S(=O)(=O)c2cccc(C(=O)OCC(=O)N3CCCCC3)c2)CC(C)O1. The second-order valence-electron chi connectivity index (χ2n) is 7.62. The summed E-state index contributed by atoms with van der Waals surface area (Å²) in [6, 6.07) is 5.74. The first-order valence-electron chi connectivity index (χ1n) is 9.98. The van der Waals surface area contributed by atoms with Gasteiger partial charge in [0.15, 0.2) is 6.61 Å². The molecule has 0 radical (unpaired) electrons. The van der Waals surface area contributed by atoms with Crippen molar-refractivity contribution < 1.29 is 27.5 Å². The third kappa shape index (κ3) is 5.34. The van der Waals surface area contributed by atoms with Crippen LogP contribution < -0.4 is 0 Å². The third-order valence-corrected chi connectivity index (χ3v) is 6.96. The van der Waals surface area contributed by atoms with Crippen molar-refractivity contribution in [2.75, 3.05) is 32.8 Å². The lowest BCUT2D eigenvalue weighted by Crippen LogP contribution is -2.48. The van der Waals surface area contributed by atoms with E-state index < -0.39 is 16.0 Å². The van der Waals surface area contributed by atoms with Crippen LogP contribution in [0.5, 0.6) is 0 Å². The van der Waals surface area contributed by atoms with Gasteiger partial charge in [0.1, 0.15) is 0 Å². The van der Waals surface area contributed by atoms with Gasteiger partial charge in [-0.2, -0.15) is 4.31 Å². The van der Waals surface area contributed by atoms with E-state index in [-0.39, 0.29) is 48.3 Å². The van der Waals surface area contributed by atoms with E-state index in [1.807, 2.05) is 13.8 Å². The number of carbonyl (C=O) groups excluding carboxylic acids is 2. The topological polar surface area (TPSA) is 93.2 Å². The van der Waals surface area contributed by atoms with Crippen molar-refractivity contribution in [3.8, 4) is 0 Å². The highest BCUT2D eigenvalue weighted by Gasteiger charge is 2.32. The molecule has 29 heavy (non-hydrogen) atoms. The van der Waals surface area contributed by atoms with E-state index >= 15 is 0 Å². The minimum atomic E-state index is -3.76. The molecule has 2 unspecified atom stereocenters. The summed E-state index contributed by atoms with van der Waals surface area (Å²) >= 11 is 0. The highest BCUT2D eigenvalue weighted by molar-refractivity contribution is 7.89. The molecular formula is C20H28N2O6S. The number of nitrogens with zero attached hydrogens (tertiary/aromatic N) is 2. The number of carbonyl (C=O) groups is 2. The zero-order chi connectivity index (χ0) is 21.0. The fourth-order valence-electron chi connectivity index (χ4n) is 3.70. The molecule has 0 spiro atoms. The van der Waals surface area contributed by atoms with Crippen molar-refractivity contribution >= 4 is 21.9 Å². The molecule has 2 atom stereocenters. The summed E-state index contributed by atoms with van der Waals surface area (Å²) < 4.78 is 38.1. The Balaban J connectivity index is 1.66. The summed E-state index contributed by atoms with van der Waals surface area (Å²) in [4.78, 5) is 26.2. The molecule has 2 fully saturated rings. The van der Waals surface area contributed by atoms with Gasteiger partial charge in [-0.05, 0) is 51.3 Å². The van der Waals surface area contributed by atoms with Crippen LogP contribution in [0.25, 0.3) is 0 Å². The van der Waals surface area contributed by atoms with Gasteiger partial charge in [-0.3, -0.25) is 4.79 Å². The minimum Gasteiger partial charge on any atom is -0.452 e. The maximum Gasteiger partial charge on any atom is 0.338 e. The summed E-state index contributed by atoms with van der Waals surface area (Å²) in [6.07, 6.45) is 2.60. The molecule has 1 aromatic carbocycles. The average molecular weight is 425 g/mol. The Morgan fingerprint density at radius 3 is 2.41 bits per heavy atom. The van der Waals surface area contributed by atoms with Gasteiger partial charge >= 0.3 is 5.97 Å². The molecule has 0 N–H and O–H groups in total. The van der Waals surface area contributed by atoms with Gasteiger partial charge in [0.2, 0.25) is 10.0 Å². The smallest absolute Gasteiger partial charge is 0.338 e. The number of morpholine rings is 1. The van der Waals surface area contributed by atoms with Crippen LogP contribution in [-0.2, 0) is 24.3 Å². The monoisotopic (exact) mass is 424 g/mol. The quantitative estimate of drug-likeness (QED) is 0.668. The molecule has 1 aromatic rings. The molecule has 3 rings (SSSR count). The number of ether oxygens (including phenoxy) is 2. The summed E-state index contributed by atoms with van der Waals surface area (Å²) in [6.45, 7) is 5.18. The van der Waals surface area contributed by atoms with Crippen molar-refractivity contribution in [2.45, 2.75) is 50.2 Å². The van der Waals surface area contributed by atoms with Gasteiger partial charge in [-0.15, -0.1) is 0 Å². The number of benzene rings is 1. The highest BCUT2D eigenvalue weighted by atomic mass is 32.2. The van der Waals surface area contributed by atoms with Crippen molar-refractivity contribution in [3.63, 3.8) is 0 Å². The van der Waals surface area contributed by atoms with Crippen LogP contribution in [0.3, 0.4) is 0 Å². The van der Waals surface area contributed by atoms with Crippen LogP contribution >= 0.6 is 0 Å². The van der Waals surface area contributed by atoms with Crippen LogP contribution in [0.2, 0.25) is 0 Å². The molecule has 0 aromatic heterocycles. The zero-order valence-corrected chi connectivity index (χ0v) is 17.7. The third-order valence-electron chi connectivity index (χ3n) is 5.13. The van der Waals surface area contributed by atoms with Gasteiger partial charge < -0.3 is 14.4 Å². The Morgan fingerprint density at radius 2 is 1.76 bits per heavy atom. The summed E-state index contributed by atoms with van der Waals surface area (Å²) in [7, 11) is -3.76. The lowest BCUT2D eigenvalue weighted by Gasteiger charge is -2.34. The normalized spacial score (nSPS) is 23.6. The maximum absolute atomic E-state index is 13.0. The molecule has 0 bridgehead atoms. The Labute approximate surface area is 171 Å². The highest BCUT2D eigenvalue weighted by Crippen LogP contribution is 2.22. The number of sulfonamides is 1. The van der Waals surface area contributed by atoms with Crippen molar-refractivity contribution in [1.82, 2.24) is 9.21 Å². The molecule has 160 valence electrons. The van der Waals surface area contributed by atoms with E-state index in [0.29, 0.717) is 13.1 Å². The van der Waals surface area contributed by atoms with Crippen LogP contribution in [0, 0.1) is 0 Å². The van der Waals surface area contributed by atoms with E-state index in [9.17, 15) is 18.0 Å². The molecule has 2 saturated heterocycles. The number of piperidine rings is 1. The Kier molecular flexibility index (Phi) is 6.92. The predicted molar refractivity (Wildman–Crippen MR) is 106 cm³/mol. The first-order chi connectivity index (χ1) is 13.8. The van der Waals surface area contributed by atoms with E-state index in [0.717, 1.165) is 19.3 Å². The molecule has 9 heteroatoms. The number of amides is 1. The van der Waals surface area contributed by atoms with Crippen LogP contribution in [0.15, 0.2) is 29.2 Å². The number of rotatable bonds is 5. The van der Waals surface area contributed by atoms with E-state index in [2.05, 4.69) is 0 Å². The molecule has 2 aliphatic rings. The molecule has 0 aliphatic carbocycles. The van der Waals surface area contributed by atoms with Gasteiger partial charge in [-0.1, -0.05) is 6.07 Å². The van der Waals surface area contributed by atoms with E-state index in [1.54, 1.807) is 4.90 Å². The lowest BCUT2D eigenvalue weighted by molar-refractivity contribution is -0.135. The van der Waals surface area contributed by atoms with Gasteiger partial charge in [0, 0.05) is 26.2 Å². The largest absolute Gasteiger partial charge is 0.452 e. The van der Waals surface area contributed by atoms with Crippen molar-refractivity contribution in [1.29, 1.82) is 0 Å². The van der Waals surface area contributed by atoms with Crippen LogP contribution in [0.1, 0.15) is 43.5 Å². The van der Waals surface area contributed by atoms with Gasteiger partial charge in [-0.25, -0.2) is 13.2 Å². The summed E-state index contributed by atoms with van der Waals surface area (Å²) in [5.74, 6) is -0.936. The first kappa shape index (κ1) is 21.7. The Bertz CT molecular complexity index is 840. The standard InChI is InChI=1S/C20H28N2O6S/c1-15-12-22(13-16(2)28-15)29(25,26)18-8-6-7-17(11-18)20(24)27-14-19(23)21-9-4-3-5-10-21/h6-8,11,15-16H,3-5,9-10,12-14H2,1-2H3. The molecule has 2 aliphatic heterocycles. The second-order valence-corrected chi connectivity index (χ2v) is 9.56. The van der Waals surface area contributed by atoms with Gasteiger partial charge in [0.05, 0.1) is 22.7 Å². The molecule has 0 saturated carbocycles.